The van der Waals surface area contributed by atoms with Crippen LogP contribution in [0.2, 0.25) is 0 Å². The average molecular weight is 286 g/mol. The van der Waals surface area contributed by atoms with Gasteiger partial charge in [0, 0.05) is 11.1 Å². The largest absolute Gasteiger partial charge is 0.289 e. The van der Waals surface area contributed by atoms with Crippen molar-refractivity contribution in [1.82, 2.24) is 0 Å². The van der Waals surface area contributed by atoms with E-state index < -0.39 is 0 Å². The zero-order valence-corrected chi connectivity index (χ0v) is 12.3. The van der Waals surface area contributed by atoms with Crippen LogP contribution in [0.5, 0.6) is 0 Å². The SMILES string of the molecule is Cc1ccc(-c2cc(-c3ccccc3)[nH+]c(N)c2C#N)cc1. The first-order valence-corrected chi connectivity index (χ1v) is 7.07. The predicted octanol–water partition coefficient (Wildman–Crippen LogP) is 3.60. The molecule has 0 unspecified atom stereocenters. The van der Waals surface area contributed by atoms with Crippen molar-refractivity contribution >= 4 is 5.82 Å². The van der Waals surface area contributed by atoms with Gasteiger partial charge in [-0.05, 0) is 18.6 Å². The number of benzene rings is 2. The summed E-state index contributed by atoms with van der Waals surface area (Å²) in [5, 5.41) is 9.43. The quantitative estimate of drug-likeness (QED) is 0.782. The monoisotopic (exact) mass is 286 g/mol. The molecule has 0 saturated carbocycles. The van der Waals surface area contributed by atoms with Gasteiger partial charge in [0.2, 0.25) is 0 Å². The van der Waals surface area contributed by atoms with E-state index in [0.29, 0.717) is 11.4 Å². The fourth-order valence-corrected chi connectivity index (χ4v) is 2.46. The predicted molar refractivity (Wildman–Crippen MR) is 87.7 cm³/mol. The Labute approximate surface area is 129 Å². The van der Waals surface area contributed by atoms with Crippen LogP contribution in [0.15, 0.2) is 60.7 Å². The van der Waals surface area contributed by atoms with Crippen molar-refractivity contribution in [2.24, 2.45) is 0 Å². The van der Waals surface area contributed by atoms with E-state index in [9.17, 15) is 5.26 Å². The number of hydrogen-bond acceptors (Lipinski definition) is 2. The molecule has 0 spiro atoms. The van der Waals surface area contributed by atoms with Gasteiger partial charge in [0.05, 0.1) is 0 Å². The second-order valence-corrected chi connectivity index (χ2v) is 5.23. The molecule has 1 heterocycles. The zero-order valence-electron chi connectivity index (χ0n) is 12.3. The number of H-pyrrole nitrogens is 1. The van der Waals surface area contributed by atoms with Crippen LogP contribution in [0, 0.1) is 18.3 Å². The van der Waals surface area contributed by atoms with Crippen LogP contribution in [0.4, 0.5) is 5.82 Å². The van der Waals surface area contributed by atoms with Gasteiger partial charge >= 0.3 is 0 Å². The van der Waals surface area contributed by atoms with Crippen LogP contribution < -0.4 is 10.7 Å². The number of nitrogens with two attached hydrogens (primary N) is 1. The Bertz CT molecular complexity index is 844. The molecule has 0 bridgehead atoms. The molecule has 0 radical (unpaired) electrons. The number of nitriles is 1. The van der Waals surface area contributed by atoms with Gasteiger partial charge in [-0.3, -0.25) is 5.73 Å². The third-order valence-corrected chi connectivity index (χ3v) is 3.66. The highest BCUT2D eigenvalue weighted by molar-refractivity contribution is 5.77. The van der Waals surface area contributed by atoms with Crippen LogP contribution in [0.25, 0.3) is 22.4 Å². The van der Waals surface area contributed by atoms with Crippen molar-refractivity contribution in [3.05, 3.63) is 71.8 Å². The second kappa shape index (κ2) is 5.71. The van der Waals surface area contributed by atoms with Gasteiger partial charge in [-0.15, -0.1) is 0 Å². The highest BCUT2D eigenvalue weighted by atomic mass is 14.8. The van der Waals surface area contributed by atoms with E-state index in [1.54, 1.807) is 0 Å². The van der Waals surface area contributed by atoms with Crippen LogP contribution in [-0.2, 0) is 0 Å². The molecule has 3 rings (SSSR count). The summed E-state index contributed by atoms with van der Waals surface area (Å²) in [6.45, 7) is 2.04. The van der Waals surface area contributed by atoms with Crippen molar-refractivity contribution < 1.29 is 4.98 Å². The molecule has 0 aliphatic heterocycles. The number of rotatable bonds is 2. The zero-order chi connectivity index (χ0) is 15.5. The molecule has 3 N–H and O–H groups in total. The lowest BCUT2D eigenvalue weighted by Crippen LogP contribution is -2.16. The van der Waals surface area contributed by atoms with E-state index >= 15 is 0 Å². The van der Waals surface area contributed by atoms with Gasteiger partial charge < -0.3 is 0 Å². The molecule has 0 fully saturated rings. The summed E-state index contributed by atoms with van der Waals surface area (Å²) in [6.07, 6.45) is 0. The molecule has 0 aliphatic carbocycles. The Morgan fingerprint density at radius 1 is 0.955 bits per heavy atom. The molecule has 2 aromatic carbocycles. The highest BCUT2D eigenvalue weighted by Crippen LogP contribution is 2.29. The number of nitrogen functional groups attached to an aromatic ring is 1. The number of hydrogen-bond donors (Lipinski definition) is 1. The van der Waals surface area contributed by atoms with Gasteiger partial charge in [0.15, 0.2) is 0 Å². The van der Waals surface area contributed by atoms with Crippen molar-refractivity contribution in [2.75, 3.05) is 5.73 Å². The lowest BCUT2D eigenvalue weighted by molar-refractivity contribution is -0.346. The van der Waals surface area contributed by atoms with Gasteiger partial charge in [-0.1, -0.05) is 60.2 Å². The van der Waals surface area contributed by atoms with Gasteiger partial charge in [0.1, 0.15) is 17.3 Å². The third kappa shape index (κ3) is 2.55. The lowest BCUT2D eigenvalue weighted by Gasteiger charge is -2.07. The van der Waals surface area contributed by atoms with Gasteiger partial charge in [-0.2, -0.15) is 5.26 Å². The Morgan fingerprint density at radius 3 is 2.27 bits per heavy atom. The number of pyridine rings is 1. The molecular formula is C19H16N3+. The normalized spacial score (nSPS) is 10.2. The van der Waals surface area contributed by atoms with Crippen LogP contribution in [-0.4, -0.2) is 0 Å². The van der Waals surface area contributed by atoms with E-state index in [0.717, 1.165) is 22.4 Å². The van der Waals surface area contributed by atoms with Gasteiger partial charge in [0.25, 0.3) is 5.82 Å². The summed E-state index contributed by atoms with van der Waals surface area (Å²) in [4.78, 5) is 3.12. The second-order valence-electron chi connectivity index (χ2n) is 5.23. The van der Waals surface area contributed by atoms with Crippen molar-refractivity contribution in [3.8, 4) is 28.5 Å². The number of aromatic amines is 1. The first-order chi connectivity index (χ1) is 10.7. The average Bonchev–Trinajstić information content (AvgIpc) is 2.55. The minimum absolute atomic E-state index is 0.388. The number of nitrogens with zero attached hydrogens (tertiary/aromatic N) is 1. The van der Waals surface area contributed by atoms with Crippen molar-refractivity contribution in [2.45, 2.75) is 6.92 Å². The summed E-state index contributed by atoms with van der Waals surface area (Å²) < 4.78 is 0. The Kier molecular flexibility index (Phi) is 3.59. The van der Waals surface area contributed by atoms with Crippen LogP contribution in [0.1, 0.15) is 11.1 Å². The smallest absolute Gasteiger partial charge is 0.286 e. The summed E-state index contributed by atoms with van der Waals surface area (Å²) in [6, 6.07) is 22.2. The molecule has 0 amide bonds. The Balaban J connectivity index is 2.22. The maximum absolute atomic E-state index is 9.43. The molecule has 0 atom stereocenters. The molecule has 0 saturated heterocycles. The standard InChI is InChI=1S/C19H15N3/c1-13-7-9-14(10-8-13)16-11-18(15-5-3-2-4-6-15)22-19(21)17(16)12-20/h2-11H,1H3,(H2,21,22)/p+1. The third-order valence-electron chi connectivity index (χ3n) is 3.66. The van der Waals surface area contributed by atoms with E-state index in [1.165, 1.54) is 5.56 Å². The molecular weight excluding hydrogens is 270 g/mol. The van der Waals surface area contributed by atoms with E-state index in [4.69, 9.17) is 5.73 Å². The van der Waals surface area contributed by atoms with Crippen molar-refractivity contribution in [3.63, 3.8) is 0 Å². The molecule has 22 heavy (non-hydrogen) atoms. The topological polar surface area (TPSA) is 63.9 Å². The summed E-state index contributed by atoms with van der Waals surface area (Å²) in [5.74, 6) is 0.388. The Hall–Kier alpha value is -3.12. The molecule has 106 valence electrons. The molecule has 3 nitrogen and oxygen atoms in total. The first-order valence-electron chi connectivity index (χ1n) is 7.07. The molecule has 3 aromatic rings. The van der Waals surface area contributed by atoms with E-state index in [1.807, 2.05) is 67.6 Å². The van der Waals surface area contributed by atoms with Crippen LogP contribution >= 0.6 is 0 Å². The van der Waals surface area contributed by atoms with Gasteiger partial charge in [-0.25, -0.2) is 4.98 Å². The number of aryl methyl sites for hydroxylation is 1. The number of nitrogens with one attached hydrogen (secondary N) is 1. The fraction of sp³-hybridized carbons (Fsp3) is 0.0526. The Morgan fingerprint density at radius 2 is 1.64 bits per heavy atom. The van der Waals surface area contributed by atoms with Crippen LogP contribution in [0.3, 0.4) is 0 Å². The summed E-state index contributed by atoms with van der Waals surface area (Å²) in [7, 11) is 0. The molecule has 0 aliphatic rings. The van der Waals surface area contributed by atoms with E-state index in [2.05, 4.69) is 11.1 Å². The highest BCUT2D eigenvalue weighted by Gasteiger charge is 2.16. The first kappa shape index (κ1) is 13.8. The number of anilines is 1. The fourth-order valence-electron chi connectivity index (χ4n) is 2.46. The van der Waals surface area contributed by atoms with Crippen molar-refractivity contribution in [1.29, 1.82) is 5.26 Å². The minimum atomic E-state index is 0.388. The minimum Gasteiger partial charge on any atom is -0.286 e. The summed E-state index contributed by atoms with van der Waals surface area (Å²) in [5.41, 5.74) is 11.5. The molecule has 1 aromatic heterocycles. The summed E-state index contributed by atoms with van der Waals surface area (Å²) >= 11 is 0. The number of aromatic nitrogens is 1. The molecule has 3 heteroatoms. The lowest BCUT2D eigenvalue weighted by atomic mass is 9.98. The maximum atomic E-state index is 9.43. The van der Waals surface area contributed by atoms with E-state index in [-0.39, 0.29) is 0 Å². The maximum Gasteiger partial charge on any atom is 0.289 e.